The lowest BCUT2D eigenvalue weighted by Crippen LogP contribution is -2.28. The summed E-state index contributed by atoms with van der Waals surface area (Å²) in [4.78, 5) is 3.24. The molecule has 0 bridgehead atoms. The van der Waals surface area contributed by atoms with Crippen LogP contribution < -0.4 is 0 Å². The van der Waals surface area contributed by atoms with Gasteiger partial charge in [-0.25, -0.2) is 6.57 Å². The van der Waals surface area contributed by atoms with Crippen molar-refractivity contribution < 1.29 is 4.43 Å². The predicted octanol–water partition coefficient (Wildman–Crippen LogP) is 2.10. The molecule has 0 aliphatic rings. The highest BCUT2D eigenvalue weighted by molar-refractivity contribution is 6.69. The maximum atomic E-state index is 6.61. The molecular weight excluding hydrogens is 130 g/mol. The van der Waals surface area contributed by atoms with Crippen LogP contribution in [0.4, 0.5) is 0 Å². The largest absolute Gasteiger partial charge is 0.353 e. The molecule has 1 atom stereocenters. The molecule has 0 saturated heterocycles. The van der Waals surface area contributed by atoms with E-state index < -0.39 is 8.32 Å². The molecule has 2 nitrogen and oxygen atoms in total. The molecule has 0 fully saturated rings. The molecule has 0 radical (unpaired) electrons. The molecule has 9 heavy (non-hydrogen) atoms. The van der Waals surface area contributed by atoms with E-state index in [0.717, 1.165) is 0 Å². The molecule has 0 saturated carbocycles. The van der Waals surface area contributed by atoms with Crippen molar-refractivity contribution in [2.45, 2.75) is 32.8 Å². The molecule has 0 aliphatic carbocycles. The summed E-state index contributed by atoms with van der Waals surface area (Å²) in [7, 11) is -1.46. The molecule has 0 aromatic heterocycles. The van der Waals surface area contributed by atoms with Gasteiger partial charge in [0.1, 0.15) is 0 Å². The zero-order valence-corrected chi connectivity index (χ0v) is 7.43. The zero-order chi connectivity index (χ0) is 7.49. The van der Waals surface area contributed by atoms with Gasteiger partial charge in [0, 0.05) is 6.92 Å². The van der Waals surface area contributed by atoms with Gasteiger partial charge in [0.2, 0.25) is 0 Å². The van der Waals surface area contributed by atoms with Crippen molar-refractivity contribution in [2.75, 3.05) is 0 Å². The SMILES string of the molecule is [C-]#[N+]C(C)O[Si](C)(C)C. The second kappa shape index (κ2) is 2.99. The average molecular weight is 143 g/mol. The summed E-state index contributed by atoms with van der Waals surface area (Å²) in [5, 5.41) is 0. The van der Waals surface area contributed by atoms with Crippen molar-refractivity contribution in [3.63, 3.8) is 0 Å². The fourth-order valence-electron chi connectivity index (χ4n) is 0.538. The van der Waals surface area contributed by atoms with Crippen molar-refractivity contribution in [2.24, 2.45) is 0 Å². The summed E-state index contributed by atoms with van der Waals surface area (Å²) < 4.78 is 5.37. The third-order valence-corrected chi connectivity index (χ3v) is 1.75. The van der Waals surface area contributed by atoms with Gasteiger partial charge in [0.15, 0.2) is 8.32 Å². The van der Waals surface area contributed by atoms with Crippen molar-refractivity contribution >= 4 is 8.32 Å². The van der Waals surface area contributed by atoms with Crippen molar-refractivity contribution in [3.8, 4) is 0 Å². The van der Waals surface area contributed by atoms with Crippen LogP contribution in [0.25, 0.3) is 4.85 Å². The normalized spacial score (nSPS) is 14.6. The molecular formula is C6H13NOSi. The lowest BCUT2D eigenvalue weighted by molar-refractivity contribution is 0.260. The van der Waals surface area contributed by atoms with Gasteiger partial charge in [-0.05, 0) is 19.6 Å². The highest BCUT2D eigenvalue weighted by Gasteiger charge is 2.19. The van der Waals surface area contributed by atoms with E-state index in [4.69, 9.17) is 11.0 Å². The van der Waals surface area contributed by atoms with Gasteiger partial charge in [-0.1, -0.05) is 0 Å². The van der Waals surface area contributed by atoms with E-state index in [0.29, 0.717) is 0 Å². The maximum absolute atomic E-state index is 6.61. The van der Waals surface area contributed by atoms with E-state index in [1.54, 1.807) is 6.92 Å². The predicted molar refractivity (Wildman–Crippen MR) is 40.5 cm³/mol. The Bertz CT molecular complexity index is 122. The van der Waals surface area contributed by atoms with Crippen LogP contribution in [0.2, 0.25) is 19.6 Å². The summed E-state index contributed by atoms with van der Waals surface area (Å²) >= 11 is 0. The molecule has 0 aromatic carbocycles. The van der Waals surface area contributed by atoms with Crippen LogP contribution in [0.5, 0.6) is 0 Å². The monoisotopic (exact) mass is 143 g/mol. The van der Waals surface area contributed by atoms with Crippen LogP contribution in [0.3, 0.4) is 0 Å². The van der Waals surface area contributed by atoms with Gasteiger partial charge in [-0.2, -0.15) is 0 Å². The highest BCUT2D eigenvalue weighted by Crippen LogP contribution is 2.06. The summed E-state index contributed by atoms with van der Waals surface area (Å²) in [6, 6.07) is 0. The van der Waals surface area contributed by atoms with Crippen LogP contribution in [0, 0.1) is 6.57 Å². The minimum absolute atomic E-state index is 0.253. The number of hydrogen-bond donors (Lipinski definition) is 0. The van der Waals surface area contributed by atoms with E-state index in [1.165, 1.54) is 0 Å². The lowest BCUT2D eigenvalue weighted by atomic mass is 10.7. The second-order valence-corrected chi connectivity index (χ2v) is 7.42. The molecule has 0 amide bonds. The molecule has 0 N–H and O–H groups in total. The van der Waals surface area contributed by atoms with E-state index in [-0.39, 0.29) is 6.23 Å². The van der Waals surface area contributed by atoms with Crippen LogP contribution in [0.1, 0.15) is 6.92 Å². The molecule has 3 heteroatoms. The van der Waals surface area contributed by atoms with E-state index in [9.17, 15) is 0 Å². The first-order valence-corrected chi connectivity index (χ1v) is 6.41. The number of nitrogens with zero attached hydrogens (tertiary/aromatic N) is 1. The molecule has 52 valence electrons. The first-order valence-electron chi connectivity index (χ1n) is 3.00. The Morgan fingerprint density at radius 1 is 1.44 bits per heavy atom. The Morgan fingerprint density at radius 3 is 2.00 bits per heavy atom. The van der Waals surface area contributed by atoms with Gasteiger partial charge in [-0.15, -0.1) is 0 Å². The Labute approximate surface area is 57.8 Å². The van der Waals surface area contributed by atoms with Gasteiger partial charge >= 0.3 is 6.23 Å². The van der Waals surface area contributed by atoms with Crippen LogP contribution >= 0.6 is 0 Å². The van der Waals surface area contributed by atoms with E-state index in [1.807, 2.05) is 0 Å². The molecule has 0 aliphatic heterocycles. The topological polar surface area (TPSA) is 13.6 Å². The van der Waals surface area contributed by atoms with E-state index >= 15 is 0 Å². The molecule has 0 heterocycles. The molecule has 0 spiro atoms. The van der Waals surface area contributed by atoms with Gasteiger partial charge in [-0.3, -0.25) is 4.85 Å². The van der Waals surface area contributed by atoms with Gasteiger partial charge in [0.05, 0.1) is 0 Å². The van der Waals surface area contributed by atoms with Gasteiger partial charge < -0.3 is 4.43 Å². The zero-order valence-electron chi connectivity index (χ0n) is 6.43. The molecule has 0 rings (SSSR count). The summed E-state index contributed by atoms with van der Waals surface area (Å²) in [5.41, 5.74) is 0. The quantitative estimate of drug-likeness (QED) is 0.426. The lowest BCUT2D eigenvalue weighted by Gasteiger charge is -2.15. The first-order chi connectivity index (χ1) is 3.95. The minimum atomic E-state index is -1.46. The van der Waals surface area contributed by atoms with Crippen LogP contribution in [-0.2, 0) is 4.43 Å². The number of hydrogen-bond acceptors (Lipinski definition) is 1. The third kappa shape index (κ3) is 5.54. The summed E-state index contributed by atoms with van der Waals surface area (Å²) in [5.74, 6) is 0. The Hall–Kier alpha value is -0.333. The van der Waals surface area contributed by atoms with Crippen LogP contribution in [0.15, 0.2) is 0 Å². The highest BCUT2D eigenvalue weighted by atomic mass is 28.4. The summed E-state index contributed by atoms with van der Waals surface area (Å²) in [6.45, 7) is 14.6. The maximum Gasteiger partial charge on any atom is 0.316 e. The standard InChI is InChI=1S/C6H13NOSi/c1-6(7-2)8-9(3,4)5/h6H,1,3-5H3. The summed E-state index contributed by atoms with van der Waals surface area (Å²) in [6.07, 6.45) is -0.253. The fourth-order valence-corrected chi connectivity index (χ4v) is 1.61. The molecule has 1 unspecified atom stereocenters. The minimum Gasteiger partial charge on any atom is -0.353 e. The Kier molecular flexibility index (Phi) is 2.88. The number of rotatable bonds is 2. The second-order valence-electron chi connectivity index (χ2n) is 2.96. The fraction of sp³-hybridized carbons (Fsp3) is 0.833. The third-order valence-electron chi connectivity index (χ3n) is 0.706. The Balaban J connectivity index is 3.63. The first kappa shape index (κ1) is 8.67. The van der Waals surface area contributed by atoms with Gasteiger partial charge in [0.25, 0.3) is 0 Å². The van der Waals surface area contributed by atoms with E-state index in [2.05, 4.69) is 24.5 Å². The Morgan fingerprint density at radius 2 is 1.89 bits per heavy atom. The molecule has 0 aromatic rings. The van der Waals surface area contributed by atoms with Crippen molar-refractivity contribution in [1.29, 1.82) is 0 Å². The average Bonchev–Trinajstić information content (AvgIpc) is 1.62. The van der Waals surface area contributed by atoms with Crippen LogP contribution in [-0.4, -0.2) is 14.5 Å². The smallest absolute Gasteiger partial charge is 0.316 e. The van der Waals surface area contributed by atoms with Crippen molar-refractivity contribution in [1.82, 2.24) is 0 Å². The van der Waals surface area contributed by atoms with Crippen molar-refractivity contribution in [3.05, 3.63) is 11.4 Å².